The molecule has 0 atom stereocenters. The van der Waals surface area contributed by atoms with Crippen LogP contribution in [0.1, 0.15) is 25.0 Å². The number of nitrogens with zero attached hydrogens (tertiary/aromatic N) is 1. The van der Waals surface area contributed by atoms with Crippen molar-refractivity contribution in [2.24, 2.45) is 0 Å². The first-order chi connectivity index (χ1) is 8.97. The SMILES string of the molecule is CN(Cc1ccoc1)CC(C)(C)c1ccc(N)cc1. The van der Waals surface area contributed by atoms with E-state index in [1.54, 1.807) is 12.5 Å². The van der Waals surface area contributed by atoms with Gasteiger partial charge in [0, 0.05) is 29.8 Å². The van der Waals surface area contributed by atoms with Crippen LogP contribution in [-0.4, -0.2) is 18.5 Å². The Balaban J connectivity index is 2.01. The number of hydrogen-bond donors (Lipinski definition) is 1. The number of rotatable bonds is 5. The minimum atomic E-state index is 0.0895. The molecule has 3 nitrogen and oxygen atoms in total. The molecule has 0 spiro atoms. The van der Waals surface area contributed by atoms with Gasteiger partial charge in [-0.3, -0.25) is 0 Å². The average molecular weight is 258 g/mol. The number of nitrogen functional groups attached to an aromatic ring is 1. The maximum Gasteiger partial charge on any atom is 0.0947 e. The monoisotopic (exact) mass is 258 g/mol. The third-order valence-electron chi connectivity index (χ3n) is 3.39. The molecule has 2 N–H and O–H groups in total. The van der Waals surface area contributed by atoms with Crippen molar-refractivity contribution < 1.29 is 4.42 Å². The summed E-state index contributed by atoms with van der Waals surface area (Å²) in [5.41, 5.74) is 9.15. The summed E-state index contributed by atoms with van der Waals surface area (Å²) in [6, 6.07) is 10.2. The summed E-state index contributed by atoms with van der Waals surface area (Å²) in [5.74, 6) is 0. The van der Waals surface area contributed by atoms with Gasteiger partial charge in [0.05, 0.1) is 12.5 Å². The van der Waals surface area contributed by atoms with Gasteiger partial charge in [0.25, 0.3) is 0 Å². The van der Waals surface area contributed by atoms with E-state index in [9.17, 15) is 0 Å². The van der Waals surface area contributed by atoms with Gasteiger partial charge in [-0.05, 0) is 30.8 Å². The fraction of sp³-hybridized carbons (Fsp3) is 0.375. The molecular formula is C16H22N2O. The Bertz CT molecular complexity index is 500. The second-order valence-electron chi connectivity index (χ2n) is 5.81. The van der Waals surface area contributed by atoms with Gasteiger partial charge < -0.3 is 15.1 Å². The molecule has 0 bridgehead atoms. The quantitative estimate of drug-likeness (QED) is 0.837. The van der Waals surface area contributed by atoms with Crippen molar-refractivity contribution in [2.45, 2.75) is 25.8 Å². The van der Waals surface area contributed by atoms with Crippen LogP contribution in [-0.2, 0) is 12.0 Å². The van der Waals surface area contributed by atoms with Crippen molar-refractivity contribution in [1.29, 1.82) is 0 Å². The van der Waals surface area contributed by atoms with Crippen LogP contribution in [0.5, 0.6) is 0 Å². The lowest BCUT2D eigenvalue weighted by Gasteiger charge is -2.30. The van der Waals surface area contributed by atoms with E-state index in [1.165, 1.54) is 11.1 Å². The normalized spacial score (nSPS) is 12.0. The fourth-order valence-corrected chi connectivity index (χ4v) is 2.45. The molecule has 2 rings (SSSR count). The Morgan fingerprint density at radius 1 is 1.16 bits per heavy atom. The highest BCUT2D eigenvalue weighted by atomic mass is 16.3. The summed E-state index contributed by atoms with van der Waals surface area (Å²) in [7, 11) is 2.13. The predicted molar refractivity (Wildman–Crippen MR) is 78.9 cm³/mol. The molecule has 0 saturated carbocycles. The molecule has 0 aliphatic carbocycles. The molecule has 0 aliphatic heterocycles. The van der Waals surface area contributed by atoms with Gasteiger partial charge in [-0.25, -0.2) is 0 Å². The van der Waals surface area contributed by atoms with E-state index in [-0.39, 0.29) is 5.41 Å². The molecule has 1 aromatic carbocycles. The Labute approximate surface area is 115 Å². The lowest BCUT2D eigenvalue weighted by Crippen LogP contribution is -2.34. The molecule has 0 amide bonds. The molecule has 3 heteroatoms. The van der Waals surface area contributed by atoms with Gasteiger partial charge in [-0.2, -0.15) is 0 Å². The number of anilines is 1. The van der Waals surface area contributed by atoms with Crippen molar-refractivity contribution in [2.75, 3.05) is 19.3 Å². The molecule has 0 fully saturated rings. The zero-order valence-electron chi connectivity index (χ0n) is 11.9. The zero-order valence-corrected chi connectivity index (χ0v) is 11.9. The predicted octanol–water partition coefficient (Wildman–Crippen LogP) is 3.27. The van der Waals surface area contributed by atoms with Crippen LogP contribution in [0.2, 0.25) is 0 Å². The van der Waals surface area contributed by atoms with Crippen LogP contribution in [0.25, 0.3) is 0 Å². The summed E-state index contributed by atoms with van der Waals surface area (Å²) < 4.78 is 5.10. The first-order valence-electron chi connectivity index (χ1n) is 6.53. The van der Waals surface area contributed by atoms with Crippen molar-refractivity contribution >= 4 is 5.69 Å². The number of hydrogen-bond acceptors (Lipinski definition) is 3. The molecule has 1 heterocycles. The van der Waals surface area contributed by atoms with Crippen LogP contribution in [0.15, 0.2) is 47.3 Å². The highest BCUT2D eigenvalue weighted by molar-refractivity contribution is 5.41. The van der Waals surface area contributed by atoms with Crippen LogP contribution in [0.4, 0.5) is 5.69 Å². The van der Waals surface area contributed by atoms with Crippen LogP contribution < -0.4 is 5.73 Å². The van der Waals surface area contributed by atoms with Gasteiger partial charge in [-0.15, -0.1) is 0 Å². The molecule has 0 unspecified atom stereocenters. The average Bonchev–Trinajstić information content (AvgIpc) is 2.81. The third-order valence-corrected chi connectivity index (χ3v) is 3.39. The zero-order chi connectivity index (χ0) is 13.9. The molecule has 0 radical (unpaired) electrons. The molecule has 0 saturated heterocycles. The second kappa shape index (κ2) is 5.49. The minimum absolute atomic E-state index is 0.0895. The van der Waals surface area contributed by atoms with E-state index in [0.717, 1.165) is 18.8 Å². The topological polar surface area (TPSA) is 42.4 Å². The summed E-state index contributed by atoms with van der Waals surface area (Å²) in [6.07, 6.45) is 3.51. The fourth-order valence-electron chi connectivity index (χ4n) is 2.45. The summed E-state index contributed by atoms with van der Waals surface area (Å²) in [4.78, 5) is 2.31. The summed E-state index contributed by atoms with van der Waals surface area (Å²) in [5, 5.41) is 0. The van der Waals surface area contributed by atoms with Gasteiger partial charge in [0.1, 0.15) is 0 Å². The highest BCUT2D eigenvalue weighted by Crippen LogP contribution is 2.25. The Morgan fingerprint density at radius 2 is 1.84 bits per heavy atom. The molecular weight excluding hydrogens is 236 g/mol. The van der Waals surface area contributed by atoms with E-state index in [2.05, 4.69) is 37.9 Å². The largest absolute Gasteiger partial charge is 0.472 e. The van der Waals surface area contributed by atoms with E-state index >= 15 is 0 Å². The highest BCUT2D eigenvalue weighted by Gasteiger charge is 2.22. The van der Waals surface area contributed by atoms with Crippen LogP contribution >= 0.6 is 0 Å². The summed E-state index contributed by atoms with van der Waals surface area (Å²) in [6.45, 7) is 6.38. The molecule has 2 aromatic rings. The minimum Gasteiger partial charge on any atom is -0.472 e. The van der Waals surface area contributed by atoms with Gasteiger partial charge in [-0.1, -0.05) is 26.0 Å². The molecule has 102 valence electrons. The standard InChI is InChI=1S/C16H22N2O/c1-16(2,14-4-6-15(17)7-5-14)12-18(3)10-13-8-9-19-11-13/h4-9,11H,10,12,17H2,1-3H3. The number of likely N-dealkylation sites (N-methyl/N-ethyl adjacent to an activating group) is 1. The van der Waals surface area contributed by atoms with E-state index in [4.69, 9.17) is 10.2 Å². The first kappa shape index (κ1) is 13.7. The van der Waals surface area contributed by atoms with Crippen molar-refractivity contribution in [3.63, 3.8) is 0 Å². The number of benzene rings is 1. The van der Waals surface area contributed by atoms with Gasteiger partial charge in [0.2, 0.25) is 0 Å². The Kier molecular flexibility index (Phi) is 3.96. The second-order valence-corrected chi connectivity index (χ2v) is 5.81. The number of nitrogens with two attached hydrogens (primary N) is 1. The Hall–Kier alpha value is -1.74. The Morgan fingerprint density at radius 3 is 2.42 bits per heavy atom. The van der Waals surface area contributed by atoms with E-state index in [0.29, 0.717) is 0 Å². The van der Waals surface area contributed by atoms with Crippen molar-refractivity contribution in [3.8, 4) is 0 Å². The van der Waals surface area contributed by atoms with Crippen molar-refractivity contribution in [1.82, 2.24) is 4.90 Å². The summed E-state index contributed by atoms with van der Waals surface area (Å²) >= 11 is 0. The maximum atomic E-state index is 5.74. The van der Waals surface area contributed by atoms with Crippen LogP contribution in [0.3, 0.4) is 0 Å². The van der Waals surface area contributed by atoms with Crippen LogP contribution in [0, 0.1) is 0 Å². The van der Waals surface area contributed by atoms with Gasteiger partial charge in [0.15, 0.2) is 0 Å². The van der Waals surface area contributed by atoms with Crippen molar-refractivity contribution in [3.05, 3.63) is 54.0 Å². The molecule has 19 heavy (non-hydrogen) atoms. The first-order valence-corrected chi connectivity index (χ1v) is 6.53. The molecule has 1 aromatic heterocycles. The third kappa shape index (κ3) is 3.61. The molecule has 0 aliphatic rings. The maximum absolute atomic E-state index is 5.74. The van der Waals surface area contributed by atoms with E-state index in [1.807, 2.05) is 18.2 Å². The van der Waals surface area contributed by atoms with E-state index < -0.39 is 0 Å². The lowest BCUT2D eigenvalue weighted by atomic mass is 9.84. The smallest absolute Gasteiger partial charge is 0.0947 e. The number of furan rings is 1. The van der Waals surface area contributed by atoms with Gasteiger partial charge >= 0.3 is 0 Å². The lowest BCUT2D eigenvalue weighted by molar-refractivity contribution is 0.260.